The molecule has 1 fully saturated rings. The number of carbonyl (C=O) groups excluding carboxylic acids is 2. The van der Waals surface area contributed by atoms with E-state index in [1.807, 2.05) is 6.92 Å². The number of esters is 1. The average Bonchev–Trinajstić information content (AvgIpc) is 2.76. The molecule has 8 nitrogen and oxygen atoms in total. The fraction of sp³-hybridized carbons (Fsp3) is 0.600. The summed E-state index contributed by atoms with van der Waals surface area (Å²) in [6.07, 6.45) is 1.53. The van der Waals surface area contributed by atoms with Gasteiger partial charge in [0.15, 0.2) is 5.84 Å². The zero-order valence-electron chi connectivity index (χ0n) is 10.1. The van der Waals surface area contributed by atoms with Crippen LogP contribution < -0.4 is 5.32 Å². The first-order valence-electron chi connectivity index (χ1n) is 5.65. The molecule has 3 N–H and O–H groups in total. The highest BCUT2D eigenvalue weighted by Crippen LogP contribution is 2.01. The number of carbonyl (C=O) groups is 2. The van der Waals surface area contributed by atoms with Crippen molar-refractivity contribution < 1.29 is 19.5 Å². The van der Waals surface area contributed by atoms with Crippen molar-refractivity contribution in [3.05, 3.63) is 0 Å². The van der Waals surface area contributed by atoms with Gasteiger partial charge in [0.05, 0.1) is 6.61 Å². The monoisotopic (exact) mass is 256 g/mol. The smallest absolute Gasteiger partial charge is 0.364 e. The number of hydrogen-bond acceptors (Lipinski definition) is 6. The Labute approximate surface area is 104 Å². The van der Waals surface area contributed by atoms with Crippen molar-refractivity contribution >= 4 is 23.5 Å². The number of urea groups is 1. The Hall–Kier alpha value is -2.12. The highest BCUT2D eigenvalue weighted by molar-refractivity contribution is 6.65. The topological polar surface area (TPSA) is 115 Å². The molecule has 1 saturated heterocycles. The normalized spacial score (nSPS) is 15.5. The van der Waals surface area contributed by atoms with E-state index in [9.17, 15) is 9.59 Å². The number of rotatable bonds is 5. The number of unbranched alkanes of at least 4 members (excludes halogenated alkanes) is 1. The van der Waals surface area contributed by atoms with E-state index in [2.05, 4.69) is 10.5 Å². The number of nitrogens with one attached hydrogen (secondary N) is 2. The first-order valence-corrected chi connectivity index (χ1v) is 5.65. The molecule has 1 heterocycles. The van der Waals surface area contributed by atoms with Crippen LogP contribution in [0.4, 0.5) is 4.79 Å². The molecule has 0 aliphatic carbocycles. The number of hydrogen-bond donors (Lipinski definition) is 3. The van der Waals surface area contributed by atoms with E-state index in [4.69, 9.17) is 15.4 Å². The fourth-order valence-corrected chi connectivity index (χ4v) is 1.38. The molecule has 0 radical (unpaired) electrons. The molecule has 0 unspecified atom stereocenters. The van der Waals surface area contributed by atoms with Crippen molar-refractivity contribution in [1.82, 2.24) is 10.2 Å². The lowest BCUT2D eigenvalue weighted by atomic mass is 10.3. The van der Waals surface area contributed by atoms with E-state index >= 15 is 0 Å². The van der Waals surface area contributed by atoms with Crippen LogP contribution in [0.3, 0.4) is 0 Å². The summed E-state index contributed by atoms with van der Waals surface area (Å²) in [5.74, 6) is -1.37. The fourth-order valence-electron chi connectivity index (χ4n) is 1.38. The second-order valence-electron chi connectivity index (χ2n) is 3.67. The van der Waals surface area contributed by atoms with Crippen LogP contribution in [0.1, 0.15) is 19.8 Å². The van der Waals surface area contributed by atoms with Crippen molar-refractivity contribution in [3.8, 4) is 0 Å². The molecule has 0 aromatic heterocycles. The summed E-state index contributed by atoms with van der Waals surface area (Å²) in [5, 5.41) is 21.6. The number of oxime groups is 1. The van der Waals surface area contributed by atoms with E-state index < -0.39 is 23.5 Å². The molecule has 0 aromatic rings. The van der Waals surface area contributed by atoms with E-state index in [0.717, 1.165) is 11.3 Å². The Morgan fingerprint density at radius 1 is 1.67 bits per heavy atom. The van der Waals surface area contributed by atoms with Gasteiger partial charge in [-0.25, -0.2) is 9.59 Å². The first kappa shape index (κ1) is 13.9. The Bertz CT molecular complexity index is 380. The third kappa shape index (κ3) is 3.19. The van der Waals surface area contributed by atoms with Crippen molar-refractivity contribution in [3.63, 3.8) is 0 Å². The van der Waals surface area contributed by atoms with Crippen molar-refractivity contribution in [2.75, 3.05) is 19.7 Å². The summed E-state index contributed by atoms with van der Waals surface area (Å²) in [5.41, 5.74) is -0.567. The Morgan fingerprint density at radius 3 is 2.89 bits per heavy atom. The number of ether oxygens (including phenoxy) is 1. The molecule has 1 rings (SSSR count). The maximum absolute atomic E-state index is 11.5. The molecule has 2 amide bonds. The van der Waals surface area contributed by atoms with Crippen LogP contribution in [-0.2, 0) is 9.53 Å². The number of amides is 2. The summed E-state index contributed by atoms with van der Waals surface area (Å²) in [6, 6.07) is -0.498. The Kier molecular flexibility index (Phi) is 5.09. The highest BCUT2D eigenvalue weighted by atomic mass is 16.5. The Balaban J connectivity index is 2.63. The Morgan fingerprint density at radius 2 is 2.39 bits per heavy atom. The molecule has 100 valence electrons. The lowest BCUT2D eigenvalue weighted by molar-refractivity contribution is -0.135. The average molecular weight is 256 g/mol. The predicted molar refractivity (Wildman–Crippen MR) is 62.9 cm³/mol. The van der Waals surface area contributed by atoms with Crippen LogP contribution in [0.2, 0.25) is 0 Å². The quantitative estimate of drug-likeness (QED) is 0.162. The van der Waals surface area contributed by atoms with Crippen LogP contribution in [0.25, 0.3) is 0 Å². The minimum atomic E-state index is -0.907. The van der Waals surface area contributed by atoms with Crippen LogP contribution in [0.15, 0.2) is 5.16 Å². The molecule has 0 atom stereocenters. The minimum Gasteiger partial charge on any atom is -0.461 e. The van der Waals surface area contributed by atoms with Gasteiger partial charge in [-0.2, -0.15) is 0 Å². The van der Waals surface area contributed by atoms with Gasteiger partial charge in [0.25, 0.3) is 0 Å². The molecule has 8 heteroatoms. The van der Waals surface area contributed by atoms with Gasteiger partial charge in [-0.05, 0) is 6.42 Å². The standard InChI is InChI=1S/C10H16N4O4/c1-2-3-6-18-9(15)7(13-17)8(11)14-5-4-12-10(14)16/h11,17H,2-6H2,1H3,(H,12,16). The van der Waals surface area contributed by atoms with Gasteiger partial charge in [0, 0.05) is 13.1 Å². The largest absolute Gasteiger partial charge is 0.461 e. The maximum atomic E-state index is 11.5. The van der Waals surface area contributed by atoms with Crippen molar-refractivity contribution in [2.24, 2.45) is 5.16 Å². The van der Waals surface area contributed by atoms with Gasteiger partial charge in [-0.3, -0.25) is 10.3 Å². The molecule has 0 bridgehead atoms. The van der Waals surface area contributed by atoms with Crippen LogP contribution in [0, 0.1) is 5.41 Å². The van der Waals surface area contributed by atoms with Crippen LogP contribution in [0.5, 0.6) is 0 Å². The first-order chi connectivity index (χ1) is 8.61. The lowest BCUT2D eigenvalue weighted by Gasteiger charge is -2.15. The van der Waals surface area contributed by atoms with Crippen LogP contribution in [-0.4, -0.2) is 53.4 Å². The van der Waals surface area contributed by atoms with Gasteiger partial charge in [0.2, 0.25) is 5.71 Å². The molecule has 0 aromatic carbocycles. The maximum Gasteiger partial charge on any atom is 0.364 e. The third-order valence-electron chi connectivity index (χ3n) is 2.38. The molecule has 0 spiro atoms. The van der Waals surface area contributed by atoms with Gasteiger partial charge >= 0.3 is 12.0 Å². The highest BCUT2D eigenvalue weighted by Gasteiger charge is 2.31. The van der Waals surface area contributed by atoms with Gasteiger partial charge < -0.3 is 15.3 Å². The summed E-state index contributed by atoms with van der Waals surface area (Å²) < 4.78 is 4.82. The molecule has 0 saturated carbocycles. The van der Waals surface area contributed by atoms with Crippen molar-refractivity contribution in [1.29, 1.82) is 5.41 Å². The second-order valence-corrected chi connectivity index (χ2v) is 3.67. The summed E-state index contributed by atoms with van der Waals surface area (Å²) >= 11 is 0. The molecular weight excluding hydrogens is 240 g/mol. The van der Waals surface area contributed by atoms with E-state index in [1.54, 1.807) is 0 Å². The molecular formula is C10H16N4O4. The zero-order valence-corrected chi connectivity index (χ0v) is 10.1. The van der Waals surface area contributed by atoms with Crippen LogP contribution >= 0.6 is 0 Å². The van der Waals surface area contributed by atoms with E-state index in [1.165, 1.54) is 0 Å². The molecule has 1 aliphatic rings. The number of nitrogens with zero attached hydrogens (tertiary/aromatic N) is 2. The predicted octanol–water partition coefficient (Wildman–Crippen LogP) is 0.162. The van der Waals surface area contributed by atoms with E-state index in [-0.39, 0.29) is 13.2 Å². The SMILES string of the molecule is CCCCOC(=O)C(=NO)C(=N)N1CCNC1=O. The third-order valence-corrected chi connectivity index (χ3v) is 2.38. The number of amidine groups is 1. The lowest BCUT2D eigenvalue weighted by Crippen LogP contribution is -2.42. The van der Waals surface area contributed by atoms with E-state index in [0.29, 0.717) is 13.0 Å². The van der Waals surface area contributed by atoms with Gasteiger partial charge in [-0.1, -0.05) is 18.5 Å². The summed E-state index contributed by atoms with van der Waals surface area (Å²) in [6.45, 7) is 2.75. The molecule has 18 heavy (non-hydrogen) atoms. The second kappa shape index (κ2) is 6.58. The summed E-state index contributed by atoms with van der Waals surface area (Å²) in [4.78, 5) is 23.9. The summed E-state index contributed by atoms with van der Waals surface area (Å²) in [7, 11) is 0. The van der Waals surface area contributed by atoms with Crippen molar-refractivity contribution in [2.45, 2.75) is 19.8 Å². The van der Waals surface area contributed by atoms with Gasteiger partial charge in [-0.15, -0.1) is 0 Å². The minimum absolute atomic E-state index is 0.188. The zero-order chi connectivity index (χ0) is 13.5. The van der Waals surface area contributed by atoms with Gasteiger partial charge in [0.1, 0.15) is 0 Å². The molecule has 1 aliphatic heterocycles.